The standard InChI is InChI=1S/C22H30N6O/c1-3-15-8-16(27(11-14-4-5-14)22(2)12-29-13-22)9-17(15)21-26-25-19-10-24-20-18(28(19)21)6-7-23-20/h6-7,10,14-17,23H,3-5,8-9,11-13H2,1-2H3. The van der Waals surface area contributed by atoms with Crippen molar-refractivity contribution in [3.8, 4) is 0 Å². The Kier molecular flexibility index (Phi) is 4.00. The van der Waals surface area contributed by atoms with Crippen LogP contribution in [-0.4, -0.2) is 60.8 Å². The molecule has 7 nitrogen and oxygen atoms in total. The van der Waals surface area contributed by atoms with Gasteiger partial charge in [-0.1, -0.05) is 13.3 Å². The molecule has 1 saturated heterocycles. The number of aromatic nitrogens is 5. The summed E-state index contributed by atoms with van der Waals surface area (Å²) in [6.45, 7) is 7.72. The van der Waals surface area contributed by atoms with Gasteiger partial charge in [0.2, 0.25) is 0 Å². The summed E-state index contributed by atoms with van der Waals surface area (Å²) in [5.74, 6) is 3.08. The third-order valence-electron chi connectivity index (χ3n) is 7.60. The van der Waals surface area contributed by atoms with Gasteiger partial charge in [0, 0.05) is 24.7 Å². The molecule has 3 unspecified atom stereocenters. The minimum absolute atomic E-state index is 0.213. The van der Waals surface area contributed by atoms with Crippen LogP contribution in [0.3, 0.4) is 0 Å². The number of rotatable bonds is 6. The highest BCUT2D eigenvalue weighted by Crippen LogP contribution is 2.47. The summed E-state index contributed by atoms with van der Waals surface area (Å²) in [5, 5.41) is 9.15. The second-order valence-electron chi connectivity index (χ2n) is 9.71. The highest BCUT2D eigenvalue weighted by molar-refractivity contribution is 5.74. The van der Waals surface area contributed by atoms with E-state index < -0.39 is 0 Å². The van der Waals surface area contributed by atoms with E-state index in [2.05, 4.69) is 49.4 Å². The molecule has 0 aromatic carbocycles. The predicted octanol–water partition coefficient (Wildman–Crippen LogP) is 3.38. The Bertz CT molecular complexity index is 1030. The van der Waals surface area contributed by atoms with E-state index in [0.29, 0.717) is 17.9 Å². The van der Waals surface area contributed by atoms with Crippen molar-refractivity contribution in [2.24, 2.45) is 11.8 Å². The Labute approximate surface area is 170 Å². The number of H-pyrrole nitrogens is 1. The molecular weight excluding hydrogens is 364 g/mol. The number of hydrogen-bond acceptors (Lipinski definition) is 5. The van der Waals surface area contributed by atoms with Gasteiger partial charge in [0.1, 0.15) is 5.82 Å². The molecule has 1 N–H and O–H groups in total. The largest absolute Gasteiger partial charge is 0.377 e. The van der Waals surface area contributed by atoms with Crippen LogP contribution in [0.4, 0.5) is 0 Å². The van der Waals surface area contributed by atoms with E-state index in [1.807, 2.05) is 12.4 Å². The second-order valence-corrected chi connectivity index (χ2v) is 9.71. The minimum atomic E-state index is 0.213. The summed E-state index contributed by atoms with van der Waals surface area (Å²) in [6, 6.07) is 2.69. The van der Waals surface area contributed by atoms with Crippen molar-refractivity contribution in [3.63, 3.8) is 0 Å². The fourth-order valence-corrected chi connectivity index (χ4v) is 5.71. The normalized spacial score (nSPS) is 29.1. The van der Waals surface area contributed by atoms with Gasteiger partial charge in [-0.2, -0.15) is 0 Å². The average Bonchev–Trinajstić information content (AvgIpc) is 3.10. The fraction of sp³-hybridized carbons (Fsp3) is 0.682. The van der Waals surface area contributed by atoms with E-state index >= 15 is 0 Å². The summed E-state index contributed by atoms with van der Waals surface area (Å²) in [4.78, 5) is 10.5. The highest BCUT2D eigenvalue weighted by Gasteiger charge is 2.49. The third kappa shape index (κ3) is 2.81. The van der Waals surface area contributed by atoms with Crippen LogP contribution < -0.4 is 0 Å². The number of hydrogen-bond donors (Lipinski definition) is 1. The SMILES string of the molecule is CCC1CC(N(CC2CC2)C2(C)COC2)CC1c1nnc2cnc3[nH]ccc3n12. The molecule has 0 amide bonds. The fourth-order valence-electron chi connectivity index (χ4n) is 5.71. The van der Waals surface area contributed by atoms with Gasteiger partial charge in [0.25, 0.3) is 0 Å². The van der Waals surface area contributed by atoms with E-state index in [4.69, 9.17) is 4.74 Å². The lowest BCUT2D eigenvalue weighted by atomic mass is 9.93. The first-order valence-corrected chi connectivity index (χ1v) is 11.2. The molecule has 4 heterocycles. The van der Waals surface area contributed by atoms with Crippen LogP contribution in [0.15, 0.2) is 18.5 Å². The summed E-state index contributed by atoms with van der Waals surface area (Å²) in [5.41, 5.74) is 3.04. The Morgan fingerprint density at radius 1 is 1.28 bits per heavy atom. The molecule has 0 bridgehead atoms. The zero-order valence-electron chi connectivity index (χ0n) is 17.3. The first-order valence-electron chi connectivity index (χ1n) is 11.2. The average molecular weight is 395 g/mol. The van der Waals surface area contributed by atoms with Crippen molar-refractivity contribution in [1.82, 2.24) is 29.5 Å². The molecule has 29 heavy (non-hydrogen) atoms. The Balaban J connectivity index is 1.36. The zero-order chi connectivity index (χ0) is 19.6. The molecule has 0 radical (unpaired) electrons. The summed E-state index contributed by atoms with van der Waals surface area (Å²) >= 11 is 0. The van der Waals surface area contributed by atoms with Crippen LogP contribution in [0.2, 0.25) is 0 Å². The quantitative estimate of drug-likeness (QED) is 0.694. The first kappa shape index (κ1) is 17.8. The van der Waals surface area contributed by atoms with Crippen LogP contribution in [0.1, 0.15) is 57.7 Å². The molecule has 3 aliphatic rings. The number of nitrogens with one attached hydrogen (secondary N) is 1. The Morgan fingerprint density at radius 3 is 2.86 bits per heavy atom. The van der Waals surface area contributed by atoms with E-state index in [1.54, 1.807) is 0 Å². The lowest BCUT2D eigenvalue weighted by Gasteiger charge is -2.50. The van der Waals surface area contributed by atoms with Crippen molar-refractivity contribution < 1.29 is 4.74 Å². The molecule has 3 fully saturated rings. The molecule has 1 aliphatic heterocycles. The van der Waals surface area contributed by atoms with Gasteiger partial charge in [-0.3, -0.25) is 9.30 Å². The van der Waals surface area contributed by atoms with Crippen LogP contribution in [0.5, 0.6) is 0 Å². The Hall–Kier alpha value is -1.99. The second kappa shape index (κ2) is 6.51. The van der Waals surface area contributed by atoms with Gasteiger partial charge in [-0.05, 0) is 50.5 Å². The van der Waals surface area contributed by atoms with E-state index in [1.165, 1.54) is 32.2 Å². The summed E-state index contributed by atoms with van der Waals surface area (Å²) in [7, 11) is 0. The maximum Gasteiger partial charge on any atom is 0.179 e. The van der Waals surface area contributed by atoms with Crippen LogP contribution in [0.25, 0.3) is 16.8 Å². The van der Waals surface area contributed by atoms with E-state index in [0.717, 1.165) is 48.2 Å². The summed E-state index contributed by atoms with van der Waals surface area (Å²) < 4.78 is 7.88. The molecule has 154 valence electrons. The molecular formula is C22H30N6O. The van der Waals surface area contributed by atoms with Gasteiger partial charge in [0.15, 0.2) is 11.3 Å². The molecule has 3 atom stereocenters. The Morgan fingerprint density at radius 2 is 2.14 bits per heavy atom. The van der Waals surface area contributed by atoms with Crippen LogP contribution in [0, 0.1) is 11.8 Å². The third-order valence-corrected chi connectivity index (χ3v) is 7.60. The number of fused-ring (bicyclic) bond motifs is 3. The smallest absolute Gasteiger partial charge is 0.179 e. The zero-order valence-corrected chi connectivity index (χ0v) is 17.3. The van der Waals surface area contributed by atoms with Gasteiger partial charge in [-0.25, -0.2) is 4.98 Å². The highest BCUT2D eigenvalue weighted by atomic mass is 16.5. The van der Waals surface area contributed by atoms with Crippen LogP contribution in [-0.2, 0) is 4.74 Å². The monoisotopic (exact) mass is 394 g/mol. The van der Waals surface area contributed by atoms with Gasteiger partial charge in [-0.15, -0.1) is 10.2 Å². The van der Waals surface area contributed by atoms with Crippen LogP contribution >= 0.6 is 0 Å². The molecule has 0 spiro atoms. The van der Waals surface area contributed by atoms with Crippen molar-refractivity contribution in [3.05, 3.63) is 24.3 Å². The minimum Gasteiger partial charge on any atom is -0.377 e. The number of nitrogens with zero attached hydrogens (tertiary/aromatic N) is 5. The summed E-state index contributed by atoms with van der Waals surface area (Å²) in [6.07, 6.45) is 10.2. The van der Waals surface area contributed by atoms with Crippen molar-refractivity contribution in [2.75, 3.05) is 19.8 Å². The van der Waals surface area contributed by atoms with E-state index in [-0.39, 0.29) is 5.54 Å². The molecule has 3 aromatic rings. The van der Waals surface area contributed by atoms with Gasteiger partial charge >= 0.3 is 0 Å². The lowest BCUT2D eigenvalue weighted by Crippen LogP contribution is -2.63. The maximum absolute atomic E-state index is 5.65. The van der Waals surface area contributed by atoms with Crippen molar-refractivity contribution in [2.45, 2.75) is 63.5 Å². The maximum atomic E-state index is 5.65. The molecule has 3 aromatic heterocycles. The van der Waals surface area contributed by atoms with Gasteiger partial charge in [0.05, 0.1) is 30.5 Å². The van der Waals surface area contributed by atoms with Crippen molar-refractivity contribution >= 4 is 16.8 Å². The lowest BCUT2D eigenvalue weighted by molar-refractivity contribution is -0.145. The molecule has 2 aliphatic carbocycles. The number of aromatic amines is 1. The molecule has 6 rings (SSSR count). The predicted molar refractivity (Wildman–Crippen MR) is 111 cm³/mol. The molecule has 7 heteroatoms. The van der Waals surface area contributed by atoms with E-state index in [9.17, 15) is 0 Å². The topological polar surface area (TPSA) is 71.3 Å². The van der Waals surface area contributed by atoms with Crippen molar-refractivity contribution in [1.29, 1.82) is 0 Å². The number of ether oxygens (including phenoxy) is 1. The first-order chi connectivity index (χ1) is 14.2. The van der Waals surface area contributed by atoms with Gasteiger partial charge < -0.3 is 9.72 Å². The molecule has 2 saturated carbocycles.